The molecule has 5 nitrogen and oxygen atoms in total. The van der Waals surface area contributed by atoms with Crippen molar-refractivity contribution in [2.24, 2.45) is 0 Å². The Morgan fingerprint density at radius 3 is 3.00 bits per heavy atom. The molecule has 2 rings (SSSR count). The number of nitrogens with zero attached hydrogens (tertiary/aromatic N) is 3. The van der Waals surface area contributed by atoms with E-state index in [-0.39, 0.29) is 24.0 Å². The largest absolute Gasteiger partial charge is 1.00 e. The van der Waals surface area contributed by atoms with Gasteiger partial charge in [0, 0.05) is 19.2 Å². The van der Waals surface area contributed by atoms with Gasteiger partial charge in [0.15, 0.2) is 5.69 Å². The van der Waals surface area contributed by atoms with Gasteiger partial charge in [-0.3, -0.25) is 0 Å². The Morgan fingerprint density at radius 2 is 2.28 bits per heavy atom. The molecule has 0 atom stereocenters. The Morgan fingerprint density at radius 1 is 1.44 bits per heavy atom. The molecule has 1 aliphatic heterocycles. The van der Waals surface area contributed by atoms with Crippen LogP contribution in [0.4, 0.5) is 0 Å². The highest BCUT2D eigenvalue weighted by molar-refractivity contribution is 5.69. The molecule has 0 saturated carbocycles. The zero-order valence-electron chi connectivity index (χ0n) is 10.6. The number of hydrogen-bond donors (Lipinski definition) is 0. The summed E-state index contributed by atoms with van der Waals surface area (Å²) in [6.45, 7) is 3.56. The van der Waals surface area contributed by atoms with Gasteiger partial charge in [0.25, 0.3) is 5.88 Å². The highest BCUT2D eigenvalue weighted by atomic mass is 127. The van der Waals surface area contributed by atoms with Crippen LogP contribution in [0.5, 0.6) is 5.88 Å². The average molecular weight is 362 g/mol. The van der Waals surface area contributed by atoms with Crippen molar-refractivity contribution in [3.63, 3.8) is 0 Å². The molecule has 0 N–H and O–H groups in total. The van der Waals surface area contributed by atoms with E-state index in [9.17, 15) is 0 Å². The van der Waals surface area contributed by atoms with E-state index in [1.165, 1.54) is 0 Å². The van der Waals surface area contributed by atoms with Crippen LogP contribution in [-0.4, -0.2) is 35.4 Å². The fraction of sp³-hybridized carbons (Fsp3) is 0.500. The van der Waals surface area contributed by atoms with Crippen LogP contribution in [0.25, 0.3) is 5.57 Å². The summed E-state index contributed by atoms with van der Waals surface area (Å²) in [5, 5.41) is 7.71. The molecule has 0 aliphatic carbocycles. The molecule has 0 radical (unpaired) electrons. The quantitative estimate of drug-likeness (QED) is 0.502. The van der Waals surface area contributed by atoms with Crippen LogP contribution in [-0.2, 0) is 0 Å². The molecule has 6 heteroatoms. The molecule has 1 aliphatic rings. The van der Waals surface area contributed by atoms with Gasteiger partial charge < -0.3 is 33.6 Å². The summed E-state index contributed by atoms with van der Waals surface area (Å²) in [4.78, 5) is 2.07. The maximum absolute atomic E-state index is 5.56. The third-order valence-electron chi connectivity index (χ3n) is 2.56. The molecule has 0 spiro atoms. The van der Waals surface area contributed by atoms with Crippen molar-refractivity contribution in [2.45, 2.75) is 19.8 Å². The molecule has 0 fully saturated rings. The lowest BCUT2D eigenvalue weighted by molar-refractivity contribution is -0.00000439. The van der Waals surface area contributed by atoms with Crippen LogP contribution < -0.4 is 28.7 Å². The molecule has 100 valence electrons. The molecule has 2 heterocycles. The maximum atomic E-state index is 5.56. The van der Waals surface area contributed by atoms with E-state index in [0.717, 1.165) is 25.0 Å². The molecular weight excluding hydrogens is 345 g/mol. The van der Waals surface area contributed by atoms with Crippen molar-refractivity contribution in [3.05, 3.63) is 24.0 Å². The first-order valence-corrected chi connectivity index (χ1v) is 5.84. The van der Waals surface area contributed by atoms with Gasteiger partial charge in [0.05, 0.1) is 6.61 Å². The summed E-state index contributed by atoms with van der Waals surface area (Å²) in [7, 11) is 2.01. The van der Waals surface area contributed by atoms with E-state index in [0.29, 0.717) is 18.2 Å². The van der Waals surface area contributed by atoms with E-state index in [2.05, 4.69) is 22.1 Å². The summed E-state index contributed by atoms with van der Waals surface area (Å²) >= 11 is 0. The van der Waals surface area contributed by atoms with Crippen LogP contribution >= 0.6 is 0 Å². The Kier molecular flexibility index (Phi) is 6.17. The Labute approximate surface area is 124 Å². The highest BCUT2D eigenvalue weighted by Gasteiger charge is 2.17. The van der Waals surface area contributed by atoms with Gasteiger partial charge in [-0.25, -0.2) is 4.63 Å². The predicted octanol–water partition coefficient (Wildman–Crippen LogP) is -0.905. The van der Waals surface area contributed by atoms with E-state index in [4.69, 9.17) is 9.37 Å². The summed E-state index contributed by atoms with van der Waals surface area (Å²) in [5.74, 6) is 0.494. The van der Waals surface area contributed by atoms with Crippen LogP contribution in [0.1, 0.15) is 25.5 Å². The number of likely N-dealkylation sites (N-methyl/N-ethyl adjacent to an activating group) is 1. The molecule has 0 unspecified atom stereocenters. The summed E-state index contributed by atoms with van der Waals surface area (Å²) in [6.07, 6.45) is 8.09. The van der Waals surface area contributed by atoms with Crippen molar-refractivity contribution in [1.29, 1.82) is 0 Å². The molecular formula is C12H17IN3O2-. The van der Waals surface area contributed by atoms with Gasteiger partial charge in [-0.05, 0) is 29.0 Å². The van der Waals surface area contributed by atoms with Gasteiger partial charge in [-0.1, -0.05) is 19.4 Å². The molecule has 0 aromatic carbocycles. The lowest BCUT2D eigenvalue weighted by Crippen LogP contribution is -3.00. The van der Waals surface area contributed by atoms with E-state index >= 15 is 0 Å². The summed E-state index contributed by atoms with van der Waals surface area (Å²) < 4.78 is 10.3. The second-order valence-corrected chi connectivity index (χ2v) is 4.07. The standard InChI is InChI=1S/C12H17N3O2.HI/c1-3-4-8-16-12-11(13-17-14-12)10-6-5-7-15(2)9-10;/h5-7H,3-4,8-9H2,1-2H3;1H/p-1. The van der Waals surface area contributed by atoms with E-state index in [1.807, 2.05) is 25.4 Å². The zero-order chi connectivity index (χ0) is 12.1. The SMILES string of the molecule is CCCCOc1nonc1C1=CC=CN(C)C1.[I-]. The number of allylic oxidation sites excluding steroid dienone is 2. The smallest absolute Gasteiger partial charge is 0.283 e. The fourth-order valence-electron chi connectivity index (χ4n) is 1.62. The minimum Gasteiger partial charge on any atom is -1.00 e. The van der Waals surface area contributed by atoms with Crippen molar-refractivity contribution in [3.8, 4) is 5.88 Å². The Bertz CT molecular complexity index is 429. The van der Waals surface area contributed by atoms with Crippen molar-refractivity contribution in [2.75, 3.05) is 20.2 Å². The number of hydrogen-bond acceptors (Lipinski definition) is 5. The summed E-state index contributed by atoms with van der Waals surface area (Å²) in [6, 6.07) is 0. The fourth-order valence-corrected chi connectivity index (χ4v) is 1.62. The number of rotatable bonds is 5. The van der Waals surface area contributed by atoms with Crippen molar-refractivity contribution in [1.82, 2.24) is 15.2 Å². The van der Waals surface area contributed by atoms with Gasteiger partial charge in [0.2, 0.25) is 0 Å². The van der Waals surface area contributed by atoms with Crippen LogP contribution in [0.3, 0.4) is 0 Å². The van der Waals surface area contributed by atoms with Crippen LogP contribution in [0, 0.1) is 0 Å². The topological polar surface area (TPSA) is 51.4 Å². The van der Waals surface area contributed by atoms with Crippen LogP contribution in [0.2, 0.25) is 0 Å². The average Bonchev–Trinajstić information content (AvgIpc) is 2.78. The van der Waals surface area contributed by atoms with E-state index in [1.54, 1.807) is 0 Å². The minimum atomic E-state index is 0. The third-order valence-corrected chi connectivity index (χ3v) is 2.56. The van der Waals surface area contributed by atoms with Crippen LogP contribution in [0.15, 0.2) is 23.0 Å². The number of halogens is 1. The lowest BCUT2D eigenvalue weighted by atomic mass is 10.1. The lowest BCUT2D eigenvalue weighted by Gasteiger charge is -2.18. The maximum Gasteiger partial charge on any atom is 0.283 e. The highest BCUT2D eigenvalue weighted by Crippen LogP contribution is 2.24. The van der Waals surface area contributed by atoms with E-state index < -0.39 is 0 Å². The van der Waals surface area contributed by atoms with Gasteiger partial charge in [-0.15, -0.1) is 0 Å². The second-order valence-electron chi connectivity index (χ2n) is 4.07. The molecule has 1 aromatic rings. The first kappa shape index (κ1) is 15.0. The Balaban J connectivity index is 0.00000162. The normalized spacial score (nSPS) is 14.1. The monoisotopic (exact) mass is 362 g/mol. The van der Waals surface area contributed by atoms with Gasteiger partial charge >= 0.3 is 0 Å². The molecule has 0 bridgehead atoms. The van der Waals surface area contributed by atoms with Gasteiger partial charge in [-0.2, -0.15) is 0 Å². The number of unbranched alkanes of at least 4 members (excludes halogenated alkanes) is 1. The predicted molar refractivity (Wildman–Crippen MR) is 64.4 cm³/mol. The second kappa shape index (κ2) is 7.40. The molecule has 0 saturated heterocycles. The first-order valence-electron chi connectivity index (χ1n) is 5.84. The molecule has 18 heavy (non-hydrogen) atoms. The first-order chi connectivity index (χ1) is 8.31. The molecule has 1 aromatic heterocycles. The third kappa shape index (κ3) is 3.72. The molecule has 0 amide bonds. The van der Waals surface area contributed by atoms with Crippen molar-refractivity contribution < 1.29 is 33.3 Å². The number of aromatic nitrogens is 2. The zero-order valence-corrected chi connectivity index (χ0v) is 12.8. The van der Waals surface area contributed by atoms with Crippen molar-refractivity contribution >= 4 is 5.57 Å². The summed E-state index contributed by atoms with van der Waals surface area (Å²) in [5.41, 5.74) is 1.76. The minimum absolute atomic E-state index is 0. The van der Waals surface area contributed by atoms with Gasteiger partial charge in [0.1, 0.15) is 0 Å². The number of ether oxygens (including phenoxy) is 1. The Hall–Kier alpha value is -1.05.